The minimum absolute atomic E-state index is 1.23. The molecule has 0 rings (SSSR count). The molecular weight excluding hydrogens is 235 g/mol. The monoisotopic (exact) mass is 250 g/mol. The van der Waals surface area contributed by atoms with E-state index in [9.17, 15) is 0 Å². The van der Waals surface area contributed by atoms with Crippen molar-refractivity contribution in [1.29, 1.82) is 0 Å². The third-order valence-electron chi connectivity index (χ3n) is 1.29. The van der Waals surface area contributed by atoms with Crippen LogP contribution in [0.1, 0.15) is 32.6 Å². The lowest BCUT2D eigenvalue weighted by Crippen LogP contribution is -1.69. The van der Waals surface area contributed by atoms with Gasteiger partial charge >= 0.3 is 0 Å². The molecule has 0 aliphatic heterocycles. The fourth-order valence-corrected chi connectivity index (χ4v) is 0.969. The average Bonchev–Trinajstić information content (AvgIpc) is 1.97. The molecule has 0 bridgehead atoms. The smallest absolute Gasteiger partial charge is 0.0234 e. The van der Waals surface area contributed by atoms with E-state index in [2.05, 4.69) is 47.7 Å². The van der Waals surface area contributed by atoms with E-state index in [4.69, 9.17) is 0 Å². The standard InChI is InChI=1S/C9H15I/c1-2-3-4-5-6-7-8-9-10/h6-9H,2-5H2,1H3/b7-6+,9-8+. The lowest BCUT2D eigenvalue weighted by molar-refractivity contribution is 0.729. The summed E-state index contributed by atoms with van der Waals surface area (Å²) in [7, 11) is 0. The largest absolute Gasteiger partial charge is 0.0845 e. The first kappa shape index (κ1) is 10.2. The van der Waals surface area contributed by atoms with Crippen molar-refractivity contribution in [2.75, 3.05) is 0 Å². The van der Waals surface area contributed by atoms with E-state index in [1.165, 1.54) is 25.7 Å². The highest BCUT2D eigenvalue weighted by Gasteiger charge is 1.79. The fourth-order valence-electron chi connectivity index (χ4n) is 0.729. The zero-order chi connectivity index (χ0) is 7.66. The van der Waals surface area contributed by atoms with E-state index in [0.717, 1.165) is 0 Å². The number of rotatable bonds is 5. The van der Waals surface area contributed by atoms with Crippen LogP contribution in [0.4, 0.5) is 0 Å². The van der Waals surface area contributed by atoms with Gasteiger partial charge in [-0.1, -0.05) is 60.6 Å². The predicted octanol–water partition coefficient (Wildman–Crippen LogP) is 4.07. The summed E-state index contributed by atoms with van der Waals surface area (Å²) in [6.07, 6.45) is 11.6. The quantitative estimate of drug-likeness (QED) is 0.392. The zero-order valence-corrected chi connectivity index (χ0v) is 8.67. The summed E-state index contributed by atoms with van der Waals surface area (Å²) in [5.41, 5.74) is 0. The first-order valence-corrected chi connectivity index (χ1v) is 5.08. The van der Waals surface area contributed by atoms with Gasteiger partial charge in [0.25, 0.3) is 0 Å². The first-order chi connectivity index (χ1) is 4.91. The third kappa shape index (κ3) is 8.21. The summed E-state index contributed by atoms with van der Waals surface area (Å²) in [4.78, 5) is 0. The highest BCUT2D eigenvalue weighted by atomic mass is 127. The minimum Gasteiger partial charge on any atom is -0.0845 e. The van der Waals surface area contributed by atoms with Gasteiger partial charge in [-0.05, 0) is 16.9 Å². The van der Waals surface area contributed by atoms with Crippen molar-refractivity contribution in [3.05, 3.63) is 22.3 Å². The molecule has 0 spiro atoms. The van der Waals surface area contributed by atoms with E-state index in [0.29, 0.717) is 0 Å². The number of halogens is 1. The Labute approximate surface area is 77.5 Å². The van der Waals surface area contributed by atoms with Crippen LogP contribution in [0.3, 0.4) is 0 Å². The molecule has 1 heteroatoms. The SMILES string of the molecule is CCCCC/C=C/C=C/I. The lowest BCUT2D eigenvalue weighted by Gasteiger charge is -1.89. The van der Waals surface area contributed by atoms with Crippen LogP contribution in [0.15, 0.2) is 22.3 Å². The molecule has 0 aromatic heterocycles. The molecule has 0 heterocycles. The van der Waals surface area contributed by atoms with E-state index >= 15 is 0 Å². The summed E-state index contributed by atoms with van der Waals surface area (Å²) >= 11 is 2.22. The van der Waals surface area contributed by atoms with E-state index in [1.807, 2.05) is 4.08 Å². The number of unbranched alkanes of at least 4 members (excludes halogenated alkanes) is 3. The molecule has 0 amide bonds. The second-order valence-corrected chi connectivity index (χ2v) is 2.96. The molecule has 0 unspecified atom stereocenters. The van der Waals surface area contributed by atoms with Crippen LogP contribution in [-0.2, 0) is 0 Å². The topological polar surface area (TPSA) is 0 Å². The maximum Gasteiger partial charge on any atom is -0.0234 e. The van der Waals surface area contributed by atoms with Crippen molar-refractivity contribution in [3.63, 3.8) is 0 Å². The van der Waals surface area contributed by atoms with Crippen LogP contribution < -0.4 is 0 Å². The molecule has 0 aliphatic rings. The van der Waals surface area contributed by atoms with Gasteiger partial charge in [0.15, 0.2) is 0 Å². The molecular formula is C9H15I. The van der Waals surface area contributed by atoms with Gasteiger partial charge < -0.3 is 0 Å². The lowest BCUT2D eigenvalue weighted by atomic mass is 10.2. The van der Waals surface area contributed by atoms with Crippen molar-refractivity contribution in [1.82, 2.24) is 0 Å². The Kier molecular flexibility index (Phi) is 9.40. The summed E-state index contributed by atoms with van der Waals surface area (Å²) in [5, 5.41) is 0. The Hall–Kier alpha value is 0.210. The van der Waals surface area contributed by atoms with Crippen molar-refractivity contribution in [2.24, 2.45) is 0 Å². The molecule has 0 radical (unpaired) electrons. The van der Waals surface area contributed by atoms with E-state index < -0.39 is 0 Å². The van der Waals surface area contributed by atoms with Crippen LogP contribution >= 0.6 is 22.6 Å². The Balaban J connectivity index is 3.02. The maximum atomic E-state index is 2.23. The van der Waals surface area contributed by atoms with E-state index in [1.54, 1.807) is 0 Å². The van der Waals surface area contributed by atoms with Gasteiger partial charge in [-0.25, -0.2) is 0 Å². The summed E-state index contributed by atoms with van der Waals surface area (Å²) in [6.45, 7) is 2.23. The molecule has 58 valence electrons. The molecule has 0 aromatic rings. The molecule has 0 atom stereocenters. The first-order valence-electron chi connectivity index (χ1n) is 3.83. The molecule has 0 nitrogen and oxygen atoms in total. The Morgan fingerprint density at radius 2 is 2.00 bits per heavy atom. The predicted molar refractivity (Wildman–Crippen MR) is 56.4 cm³/mol. The van der Waals surface area contributed by atoms with Gasteiger partial charge in [0.05, 0.1) is 0 Å². The molecule has 0 fully saturated rings. The van der Waals surface area contributed by atoms with Gasteiger partial charge in [-0.3, -0.25) is 0 Å². The normalized spacial score (nSPS) is 11.8. The van der Waals surface area contributed by atoms with Gasteiger partial charge in [0, 0.05) is 0 Å². The van der Waals surface area contributed by atoms with Gasteiger partial charge in [-0.15, -0.1) is 0 Å². The van der Waals surface area contributed by atoms with Gasteiger partial charge in [-0.2, -0.15) is 0 Å². The molecule has 0 aliphatic carbocycles. The van der Waals surface area contributed by atoms with Crippen LogP contribution in [0.2, 0.25) is 0 Å². The second kappa shape index (κ2) is 9.21. The Morgan fingerprint density at radius 1 is 1.20 bits per heavy atom. The Bertz CT molecular complexity index is 103. The second-order valence-electron chi connectivity index (χ2n) is 2.24. The van der Waals surface area contributed by atoms with Crippen molar-refractivity contribution < 1.29 is 0 Å². The highest BCUT2D eigenvalue weighted by molar-refractivity contribution is 14.1. The number of allylic oxidation sites excluding steroid dienone is 3. The van der Waals surface area contributed by atoms with Crippen molar-refractivity contribution >= 4 is 22.6 Å². The van der Waals surface area contributed by atoms with Crippen molar-refractivity contribution in [3.8, 4) is 0 Å². The molecule has 0 N–H and O–H groups in total. The summed E-state index contributed by atoms with van der Waals surface area (Å²) < 4.78 is 2.02. The highest BCUT2D eigenvalue weighted by Crippen LogP contribution is 1.99. The average molecular weight is 250 g/mol. The fraction of sp³-hybridized carbons (Fsp3) is 0.556. The summed E-state index contributed by atoms with van der Waals surface area (Å²) in [5.74, 6) is 0. The molecule has 0 saturated heterocycles. The molecule has 0 aromatic carbocycles. The van der Waals surface area contributed by atoms with Crippen LogP contribution in [0, 0.1) is 0 Å². The van der Waals surface area contributed by atoms with Gasteiger partial charge in [0.1, 0.15) is 0 Å². The zero-order valence-electron chi connectivity index (χ0n) is 6.52. The third-order valence-corrected chi connectivity index (χ3v) is 1.71. The molecule has 0 saturated carbocycles. The van der Waals surface area contributed by atoms with Crippen LogP contribution in [0.5, 0.6) is 0 Å². The number of hydrogen-bond donors (Lipinski definition) is 0. The Morgan fingerprint density at radius 3 is 2.60 bits per heavy atom. The van der Waals surface area contributed by atoms with E-state index in [-0.39, 0.29) is 0 Å². The summed E-state index contributed by atoms with van der Waals surface area (Å²) in [6, 6.07) is 0. The van der Waals surface area contributed by atoms with Crippen molar-refractivity contribution in [2.45, 2.75) is 32.6 Å². The minimum atomic E-state index is 1.23. The molecule has 10 heavy (non-hydrogen) atoms. The van der Waals surface area contributed by atoms with Gasteiger partial charge in [0.2, 0.25) is 0 Å². The van der Waals surface area contributed by atoms with Crippen LogP contribution in [-0.4, -0.2) is 0 Å². The number of hydrogen-bond acceptors (Lipinski definition) is 0. The maximum absolute atomic E-state index is 2.23. The van der Waals surface area contributed by atoms with Crippen LogP contribution in [0.25, 0.3) is 0 Å².